The summed E-state index contributed by atoms with van der Waals surface area (Å²) >= 11 is 0. The molecule has 0 aliphatic rings. The topological polar surface area (TPSA) is 66.0 Å². The monoisotopic (exact) mass is 274 g/mol. The molecule has 0 bridgehead atoms. The lowest BCUT2D eigenvalue weighted by atomic mass is 10.1. The SMILES string of the molecule is Cc1cc(N(C)CCC(F)(F)F)c(C(=N)N)c(C)n1. The third kappa shape index (κ3) is 4.11. The highest BCUT2D eigenvalue weighted by molar-refractivity contribution is 6.01. The maximum Gasteiger partial charge on any atom is 0.390 e. The van der Waals surface area contributed by atoms with Gasteiger partial charge in [-0.2, -0.15) is 13.2 Å². The molecule has 0 aromatic carbocycles. The molecule has 7 heteroatoms. The average molecular weight is 274 g/mol. The van der Waals surface area contributed by atoms with E-state index in [0.717, 1.165) is 0 Å². The first kappa shape index (κ1) is 15.3. The van der Waals surface area contributed by atoms with E-state index in [2.05, 4.69) is 4.98 Å². The number of hydrogen-bond donors (Lipinski definition) is 2. The van der Waals surface area contributed by atoms with Gasteiger partial charge in [0.25, 0.3) is 0 Å². The maximum absolute atomic E-state index is 12.2. The van der Waals surface area contributed by atoms with Crippen molar-refractivity contribution in [3.8, 4) is 0 Å². The van der Waals surface area contributed by atoms with Crippen LogP contribution in [-0.2, 0) is 0 Å². The number of rotatable bonds is 4. The van der Waals surface area contributed by atoms with E-state index in [9.17, 15) is 13.2 Å². The molecule has 0 spiro atoms. The van der Waals surface area contributed by atoms with Crippen LogP contribution in [-0.4, -0.2) is 30.6 Å². The lowest BCUT2D eigenvalue weighted by molar-refractivity contribution is -0.132. The normalized spacial score (nSPS) is 11.5. The molecule has 106 valence electrons. The van der Waals surface area contributed by atoms with E-state index in [1.807, 2.05) is 0 Å². The number of alkyl halides is 3. The average Bonchev–Trinajstić information content (AvgIpc) is 2.22. The molecule has 4 nitrogen and oxygen atoms in total. The Morgan fingerprint density at radius 2 is 2.00 bits per heavy atom. The molecule has 1 rings (SSSR count). The van der Waals surface area contributed by atoms with E-state index < -0.39 is 12.6 Å². The number of nitrogen functional groups attached to an aromatic ring is 1. The number of anilines is 1. The summed E-state index contributed by atoms with van der Waals surface area (Å²) in [5.74, 6) is -0.196. The second-order valence-electron chi connectivity index (χ2n) is 4.44. The van der Waals surface area contributed by atoms with Gasteiger partial charge in [-0.3, -0.25) is 10.4 Å². The predicted molar refractivity (Wildman–Crippen MR) is 68.7 cm³/mol. The van der Waals surface area contributed by atoms with Crippen molar-refractivity contribution in [3.63, 3.8) is 0 Å². The molecule has 1 aromatic rings. The number of halogens is 3. The molecular weight excluding hydrogens is 257 g/mol. The quantitative estimate of drug-likeness (QED) is 0.654. The first-order valence-corrected chi connectivity index (χ1v) is 5.72. The van der Waals surface area contributed by atoms with E-state index in [1.165, 1.54) is 4.90 Å². The molecule has 0 amide bonds. The van der Waals surface area contributed by atoms with Crippen LogP contribution in [0.3, 0.4) is 0 Å². The molecule has 0 unspecified atom stereocenters. The Morgan fingerprint density at radius 1 is 1.42 bits per heavy atom. The number of amidine groups is 1. The van der Waals surface area contributed by atoms with Crippen LogP contribution >= 0.6 is 0 Å². The van der Waals surface area contributed by atoms with Gasteiger partial charge in [0.1, 0.15) is 5.84 Å². The molecule has 0 atom stereocenters. The summed E-state index contributed by atoms with van der Waals surface area (Å²) in [7, 11) is 1.55. The lowest BCUT2D eigenvalue weighted by Gasteiger charge is -2.24. The Hall–Kier alpha value is -1.79. The molecule has 3 N–H and O–H groups in total. The highest BCUT2D eigenvalue weighted by atomic mass is 19.4. The minimum absolute atomic E-state index is 0.188. The molecule has 19 heavy (non-hydrogen) atoms. The van der Waals surface area contributed by atoms with Crippen molar-refractivity contribution in [2.75, 3.05) is 18.5 Å². The second kappa shape index (κ2) is 5.46. The van der Waals surface area contributed by atoms with Crippen molar-refractivity contribution in [1.82, 2.24) is 4.98 Å². The molecule has 0 saturated heterocycles. The third-order valence-corrected chi connectivity index (χ3v) is 2.72. The van der Waals surface area contributed by atoms with Gasteiger partial charge in [0.05, 0.1) is 23.4 Å². The summed E-state index contributed by atoms with van der Waals surface area (Å²) < 4.78 is 36.7. The highest BCUT2D eigenvalue weighted by Gasteiger charge is 2.28. The smallest absolute Gasteiger partial charge is 0.384 e. The van der Waals surface area contributed by atoms with Gasteiger partial charge in [0, 0.05) is 19.3 Å². The van der Waals surface area contributed by atoms with E-state index in [4.69, 9.17) is 11.1 Å². The van der Waals surface area contributed by atoms with Gasteiger partial charge in [-0.15, -0.1) is 0 Å². The minimum Gasteiger partial charge on any atom is -0.384 e. The lowest BCUT2D eigenvalue weighted by Crippen LogP contribution is -2.27. The maximum atomic E-state index is 12.2. The summed E-state index contributed by atoms with van der Waals surface area (Å²) in [6.07, 6.45) is -5.12. The molecule has 0 fully saturated rings. The van der Waals surface area contributed by atoms with Gasteiger partial charge in [0.2, 0.25) is 0 Å². The summed E-state index contributed by atoms with van der Waals surface area (Å²) in [5, 5.41) is 7.52. The number of nitrogens with one attached hydrogen (secondary N) is 1. The van der Waals surface area contributed by atoms with Gasteiger partial charge in [-0.05, 0) is 19.9 Å². The standard InChI is InChI=1S/C12H17F3N4/c1-7-6-9(10(11(16)17)8(2)18-7)19(3)5-4-12(13,14)15/h6H,4-5H2,1-3H3,(H3,16,17). The minimum atomic E-state index is -4.21. The fourth-order valence-electron chi connectivity index (χ4n) is 1.86. The molecular formula is C12H17F3N4. The van der Waals surface area contributed by atoms with E-state index >= 15 is 0 Å². The Kier molecular flexibility index (Phi) is 4.39. The van der Waals surface area contributed by atoms with E-state index in [1.54, 1.807) is 27.0 Å². The zero-order valence-electron chi connectivity index (χ0n) is 11.1. The van der Waals surface area contributed by atoms with Crippen LogP contribution in [0.1, 0.15) is 23.4 Å². The van der Waals surface area contributed by atoms with Crippen molar-refractivity contribution < 1.29 is 13.2 Å². The predicted octanol–water partition coefficient (Wildman–Crippen LogP) is 2.37. The largest absolute Gasteiger partial charge is 0.390 e. The second-order valence-corrected chi connectivity index (χ2v) is 4.44. The Balaban J connectivity index is 3.08. The first-order chi connectivity index (χ1) is 8.61. The Morgan fingerprint density at radius 3 is 2.47 bits per heavy atom. The number of aromatic nitrogens is 1. The zero-order chi connectivity index (χ0) is 14.8. The van der Waals surface area contributed by atoms with Crippen LogP contribution in [0.15, 0.2) is 6.07 Å². The molecule has 0 saturated carbocycles. The van der Waals surface area contributed by atoms with Crippen LogP contribution in [0.5, 0.6) is 0 Å². The summed E-state index contributed by atoms with van der Waals surface area (Å²) in [6, 6.07) is 1.64. The van der Waals surface area contributed by atoms with Crippen molar-refractivity contribution >= 4 is 11.5 Å². The molecule has 1 aromatic heterocycles. The first-order valence-electron chi connectivity index (χ1n) is 5.72. The summed E-state index contributed by atoms with van der Waals surface area (Å²) in [6.45, 7) is 3.25. The van der Waals surface area contributed by atoms with Gasteiger partial charge in [-0.25, -0.2) is 0 Å². The number of aryl methyl sites for hydroxylation is 2. The summed E-state index contributed by atoms with van der Waals surface area (Å²) in [5.41, 5.74) is 7.59. The van der Waals surface area contributed by atoms with Gasteiger partial charge < -0.3 is 10.6 Å². The van der Waals surface area contributed by atoms with Crippen molar-refractivity contribution in [2.45, 2.75) is 26.4 Å². The Bertz CT molecular complexity index is 483. The van der Waals surface area contributed by atoms with Crippen LogP contribution in [0.4, 0.5) is 18.9 Å². The van der Waals surface area contributed by atoms with E-state index in [0.29, 0.717) is 22.6 Å². The number of nitrogens with two attached hydrogens (primary N) is 1. The van der Waals surface area contributed by atoms with E-state index in [-0.39, 0.29) is 12.4 Å². The van der Waals surface area contributed by atoms with Crippen molar-refractivity contribution in [1.29, 1.82) is 5.41 Å². The van der Waals surface area contributed by atoms with Gasteiger partial charge in [-0.1, -0.05) is 0 Å². The molecule has 0 aliphatic carbocycles. The number of pyridine rings is 1. The fourth-order valence-corrected chi connectivity index (χ4v) is 1.86. The highest BCUT2D eigenvalue weighted by Crippen LogP contribution is 2.25. The summed E-state index contributed by atoms with van der Waals surface area (Å²) in [4.78, 5) is 5.63. The van der Waals surface area contributed by atoms with Crippen LogP contribution in [0.25, 0.3) is 0 Å². The van der Waals surface area contributed by atoms with Crippen molar-refractivity contribution in [3.05, 3.63) is 23.0 Å². The molecule has 0 aliphatic heterocycles. The Labute approximate surface area is 109 Å². The van der Waals surface area contributed by atoms with Crippen LogP contribution in [0, 0.1) is 19.3 Å². The zero-order valence-corrected chi connectivity index (χ0v) is 11.1. The van der Waals surface area contributed by atoms with Crippen molar-refractivity contribution in [2.24, 2.45) is 5.73 Å². The molecule has 1 heterocycles. The fraction of sp³-hybridized carbons (Fsp3) is 0.500. The van der Waals surface area contributed by atoms with Crippen LogP contribution in [0.2, 0.25) is 0 Å². The molecule has 0 radical (unpaired) electrons. The van der Waals surface area contributed by atoms with Crippen LogP contribution < -0.4 is 10.6 Å². The van der Waals surface area contributed by atoms with Gasteiger partial charge in [0.15, 0.2) is 0 Å². The number of hydrogen-bond acceptors (Lipinski definition) is 3. The number of nitrogens with zero attached hydrogens (tertiary/aromatic N) is 2. The third-order valence-electron chi connectivity index (χ3n) is 2.72. The van der Waals surface area contributed by atoms with Gasteiger partial charge >= 0.3 is 6.18 Å².